The van der Waals surface area contributed by atoms with Crippen LogP contribution in [0.5, 0.6) is 5.75 Å². The number of benzene rings is 1. The number of carbonyl (C=O) groups excluding carboxylic acids is 4. The first kappa shape index (κ1) is 29.6. The third-order valence-electron chi connectivity index (χ3n) is 7.98. The minimum absolute atomic E-state index is 0.000831. The number of phenolic OH excluding ortho intramolecular Hbond substituents is 1. The minimum Gasteiger partial charge on any atom is -0.507 e. The summed E-state index contributed by atoms with van der Waals surface area (Å²) in [5.41, 5.74) is 5.32. The molecule has 1 aromatic rings. The molecule has 1 fully saturated rings. The number of aromatic hydroxyl groups is 1. The Bertz CT molecular complexity index is 1470. The molecule has 2 amide bonds. The van der Waals surface area contributed by atoms with E-state index in [0.29, 0.717) is 11.3 Å². The number of ether oxygens (including phenoxy) is 1. The van der Waals surface area contributed by atoms with Crippen molar-refractivity contribution in [1.29, 1.82) is 0 Å². The van der Waals surface area contributed by atoms with Gasteiger partial charge in [0, 0.05) is 25.4 Å². The summed E-state index contributed by atoms with van der Waals surface area (Å²) in [5, 5.41) is 39.7. The molecule has 1 unspecified atom stereocenters. The highest BCUT2D eigenvalue weighted by Crippen LogP contribution is 2.55. The molecule has 0 aromatic heterocycles. The maximum absolute atomic E-state index is 14.1. The number of anilines is 2. The molecule has 15 nitrogen and oxygen atoms in total. The fourth-order valence-electron chi connectivity index (χ4n) is 6.38. The average molecular weight is 573 g/mol. The van der Waals surface area contributed by atoms with Crippen LogP contribution in [0.4, 0.5) is 16.2 Å². The van der Waals surface area contributed by atoms with Gasteiger partial charge < -0.3 is 36.4 Å². The fraction of sp³-hybridized carbons (Fsp3) is 0.462. The van der Waals surface area contributed by atoms with E-state index in [1.54, 1.807) is 25.9 Å². The Morgan fingerprint density at radius 2 is 1.83 bits per heavy atom. The lowest BCUT2D eigenvalue weighted by atomic mass is 9.53. The number of ketones is 2. The van der Waals surface area contributed by atoms with Crippen LogP contribution < -0.4 is 21.7 Å². The maximum atomic E-state index is 14.1. The number of hydrogen-bond acceptors (Lipinski definition) is 13. The number of aliphatic hydroxyl groups excluding tert-OH is 1. The summed E-state index contributed by atoms with van der Waals surface area (Å²) in [4.78, 5) is 67.0. The topological polar surface area (TPSA) is 238 Å². The molecule has 0 aliphatic heterocycles. The number of fused-ring (bicyclic) bond motifs is 3. The van der Waals surface area contributed by atoms with Gasteiger partial charge in [-0.05, 0) is 56.6 Å². The number of Topliss-reactive ketones (excluding diaryl/α,β-unsaturated/α-hetero) is 2. The van der Waals surface area contributed by atoms with Crippen molar-refractivity contribution >= 4 is 40.7 Å². The standard InChI is InChI=1S/C26H32N6O9/c1-6-41-24(38)29-12-8-13(31(2)3)11-7-10-9-25(28)20(32(4)5)17(30-40)16(23(27)37)22(36)26(25,39)21(35)14(10)19(34)15(11)18(12)33/h8,10,20,33-34,39H,6-7,9,28H2,1-5H3,(H2,27,37)(H,29,38)/t10-,20+,25?,26-/m0/s1. The molecular formula is C26H32N6O9. The number of hydrogen-bond donors (Lipinski definition) is 6. The summed E-state index contributed by atoms with van der Waals surface area (Å²) in [5.74, 6) is -6.45. The Balaban J connectivity index is 2.01. The first-order chi connectivity index (χ1) is 19.1. The highest BCUT2D eigenvalue weighted by Gasteiger charge is 2.72. The van der Waals surface area contributed by atoms with Gasteiger partial charge in [-0.1, -0.05) is 0 Å². The second-order valence-corrected chi connectivity index (χ2v) is 10.7. The third-order valence-corrected chi connectivity index (χ3v) is 7.98. The summed E-state index contributed by atoms with van der Waals surface area (Å²) >= 11 is 0. The average Bonchev–Trinajstić information content (AvgIpc) is 2.86. The van der Waals surface area contributed by atoms with Crippen molar-refractivity contribution in [1.82, 2.24) is 4.90 Å². The molecule has 4 rings (SSSR count). The molecule has 220 valence electrons. The number of aliphatic hydroxyl groups is 2. The molecule has 41 heavy (non-hydrogen) atoms. The summed E-state index contributed by atoms with van der Waals surface area (Å²) in [6, 6.07) is 0.0723. The molecule has 0 radical (unpaired) electrons. The van der Waals surface area contributed by atoms with E-state index in [4.69, 9.17) is 16.2 Å². The smallest absolute Gasteiger partial charge is 0.411 e. The van der Waals surface area contributed by atoms with Gasteiger partial charge in [-0.15, -0.1) is 4.91 Å². The molecule has 4 atom stereocenters. The molecule has 0 spiro atoms. The summed E-state index contributed by atoms with van der Waals surface area (Å²) in [7, 11) is 6.30. The van der Waals surface area contributed by atoms with Crippen LogP contribution in [-0.2, 0) is 25.5 Å². The molecule has 0 bridgehead atoms. The van der Waals surface area contributed by atoms with Gasteiger partial charge in [-0.25, -0.2) is 4.79 Å². The van der Waals surface area contributed by atoms with E-state index in [1.807, 2.05) is 0 Å². The van der Waals surface area contributed by atoms with Crippen LogP contribution in [0.25, 0.3) is 5.76 Å². The second kappa shape index (κ2) is 9.94. The number of likely N-dealkylation sites (N-methyl/N-ethyl adjacent to an activating group) is 1. The van der Waals surface area contributed by atoms with Crippen molar-refractivity contribution in [3.8, 4) is 5.75 Å². The number of amides is 2. The molecular weight excluding hydrogens is 540 g/mol. The maximum Gasteiger partial charge on any atom is 0.411 e. The van der Waals surface area contributed by atoms with Crippen LogP contribution in [0.3, 0.4) is 0 Å². The van der Waals surface area contributed by atoms with Crippen molar-refractivity contribution in [2.45, 2.75) is 36.9 Å². The van der Waals surface area contributed by atoms with Gasteiger partial charge >= 0.3 is 6.09 Å². The Morgan fingerprint density at radius 3 is 2.34 bits per heavy atom. The van der Waals surface area contributed by atoms with E-state index < -0.39 is 75.0 Å². The highest BCUT2D eigenvalue weighted by atomic mass is 16.5. The lowest BCUT2D eigenvalue weighted by Gasteiger charge is -2.56. The predicted octanol–water partition coefficient (Wildman–Crippen LogP) is -0.112. The number of carbonyl (C=O) groups is 4. The summed E-state index contributed by atoms with van der Waals surface area (Å²) in [6.07, 6.45) is -1.19. The highest BCUT2D eigenvalue weighted by molar-refractivity contribution is 6.34. The van der Waals surface area contributed by atoms with Crippen LogP contribution in [0, 0.1) is 10.8 Å². The molecule has 1 aromatic carbocycles. The van der Waals surface area contributed by atoms with Gasteiger partial charge in [0.15, 0.2) is 5.75 Å². The van der Waals surface area contributed by atoms with Crippen LogP contribution in [0.1, 0.15) is 24.5 Å². The molecule has 8 N–H and O–H groups in total. The Hall–Kier alpha value is -4.34. The number of phenols is 1. The van der Waals surface area contributed by atoms with E-state index in [9.17, 15) is 39.4 Å². The van der Waals surface area contributed by atoms with E-state index in [0.717, 1.165) is 0 Å². The summed E-state index contributed by atoms with van der Waals surface area (Å²) < 4.78 is 4.88. The molecule has 3 aliphatic rings. The van der Waals surface area contributed by atoms with Gasteiger partial charge in [-0.2, -0.15) is 0 Å². The molecule has 0 saturated heterocycles. The largest absolute Gasteiger partial charge is 0.507 e. The fourth-order valence-corrected chi connectivity index (χ4v) is 6.38. The third kappa shape index (κ3) is 3.99. The Labute approximate surface area is 234 Å². The van der Waals surface area contributed by atoms with Gasteiger partial charge in [0.05, 0.1) is 29.4 Å². The van der Waals surface area contributed by atoms with Gasteiger partial charge in [-0.3, -0.25) is 24.6 Å². The molecule has 15 heteroatoms. The normalized spacial score (nSPS) is 27.2. The van der Waals surface area contributed by atoms with E-state index in [2.05, 4.69) is 10.5 Å². The zero-order valence-corrected chi connectivity index (χ0v) is 23.1. The van der Waals surface area contributed by atoms with E-state index >= 15 is 0 Å². The van der Waals surface area contributed by atoms with Crippen LogP contribution in [-0.4, -0.2) is 95.8 Å². The number of primary amides is 1. The van der Waals surface area contributed by atoms with Gasteiger partial charge in [0.2, 0.25) is 17.2 Å². The van der Waals surface area contributed by atoms with Crippen LogP contribution in [0.2, 0.25) is 0 Å². The van der Waals surface area contributed by atoms with Crippen molar-refractivity contribution < 1.29 is 39.2 Å². The first-order valence-corrected chi connectivity index (χ1v) is 12.7. The summed E-state index contributed by atoms with van der Waals surface area (Å²) in [6.45, 7) is 1.64. The molecule has 3 aliphatic carbocycles. The number of rotatable bonds is 6. The minimum atomic E-state index is -3.13. The predicted molar refractivity (Wildman–Crippen MR) is 146 cm³/mol. The van der Waals surface area contributed by atoms with Crippen molar-refractivity contribution in [2.24, 2.45) is 22.6 Å². The van der Waals surface area contributed by atoms with Crippen molar-refractivity contribution in [3.05, 3.63) is 38.9 Å². The van der Waals surface area contributed by atoms with Crippen LogP contribution >= 0.6 is 0 Å². The Morgan fingerprint density at radius 1 is 1.20 bits per heavy atom. The number of nitroso groups, excluding NO2 is 1. The van der Waals surface area contributed by atoms with E-state index in [-0.39, 0.29) is 30.7 Å². The van der Waals surface area contributed by atoms with E-state index in [1.165, 1.54) is 25.1 Å². The quantitative estimate of drug-likeness (QED) is 0.113. The van der Waals surface area contributed by atoms with Gasteiger partial charge in [0.25, 0.3) is 5.91 Å². The zero-order chi connectivity index (χ0) is 30.8. The molecule has 0 heterocycles. The zero-order valence-electron chi connectivity index (χ0n) is 23.1. The van der Waals surface area contributed by atoms with Crippen molar-refractivity contribution in [3.63, 3.8) is 0 Å². The van der Waals surface area contributed by atoms with Crippen molar-refractivity contribution in [2.75, 3.05) is 45.0 Å². The molecule has 1 saturated carbocycles. The Kier molecular flexibility index (Phi) is 7.18. The second-order valence-electron chi connectivity index (χ2n) is 10.7. The lowest BCUT2D eigenvalue weighted by molar-refractivity contribution is -0.164. The first-order valence-electron chi connectivity index (χ1n) is 12.7. The number of nitrogens with one attached hydrogen (secondary N) is 1. The number of nitrogens with two attached hydrogens (primary N) is 2. The SMILES string of the molecule is CCOC(=O)Nc1cc(N(C)C)c2c(c1O)C(O)=C1C(=O)[C@]3(O)C(=O)C(C(N)=O)=C(N=O)[C@@H](N(C)C)C3(N)C[C@@H]1C2. The van der Waals surface area contributed by atoms with Crippen LogP contribution in [0.15, 0.2) is 28.1 Å². The number of nitrogens with zero attached hydrogens (tertiary/aromatic N) is 3. The lowest BCUT2D eigenvalue weighted by Crippen LogP contribution is -2.81. The van der Waals surface area contributed by atoms with Gasteiger partial charge in [0.1, 0.15) is 17.0 Å². The monoisotopic (exact) mass is 572 g/mol.